The maximum Gasteiger partial charge on any atom is 0.225 e. The van der Waals surface area contributed by atoms with Gasteiger partial charge in [0.05, 0.1) is 5.39 Å². The van der Waals surface area contributed by atoms with Crippen LogP contribution in [0.25, 0.3) is 10.2 Å². The summed E-state index contributed by atoms with van der Waals surface area (Å²) in [6.07, 6.45) is 4.52. The highest BCUT2D eigenvalue weighted by atomic mass is 32.1. The van der Waals surface area contributed by atoms with Gasteiger partial charge in [-0.3, -0.25) is 4.79 Å². The fourth-order valence-corrected chi connectivity index (χ4v) is 5.22. The van der Waals surface area contributed by atoms with Gasteiger partial charge in [-0.25, -0.2) is 9.97 Å². The summed E-state index contributed by atoms with van der Waals surface area (Å²) in [5.74, 6) is 1.99. The van der Waals surface area contributed by atoms with Crippen molar-refractivity contribution in [1.82, 2.24) is 14.9 Å². The van der Waals surface area contributed by atoms with Gasteiger partial charge >= 0.3 is 0 Å². The van der Waals surface area contributed by atoms with Gasteiger partial charge in [-0.05, 0) is 51.1 Å². The molecule has 6 nitrogen and oxygen atoms in total. The highest BCUT2D eigenvalue weighted by molar-refractivity contribution is 7.18. The highest BCUT2D eigenvalue weighted by Crippen LogP contribution is 2.36. The summed E-state index contributed by atoms with van der Waals surface area (Å²) in [5, 5.41) is 1.19. The van der Waals surface area contributed by atoms with Gasteiger partial charge < -0.3 is 15.5 Å². The minimum absolute atomic E-state index is 0.144. The Bertz CT molecular complexity index is 812. The summed E-state index contributed by atoms with van der Waals surface area (Å²) in [6.45, 7) is 8.46. The lowest BCUT2D eigenvalue weighted by molar-refractivity contribution is -0.135. The molecule has 0 bridgehead atoms. The third-order valence-corrected chi connectivity index (χ3v) is 7.14. The maximum absolute atomic E-state index is 12.8. The number of hydrogen-bond acceptors (Lipinski definition) is 6. The van der Waals surface area contributed by atoms with Gasteiger partial charge in [0.25, 0.3) is 0 Å². The zero-order valence-corrected chi connectivity index (χ0v) is 16.4. The van der Waals surface area contributed by atoms with Gasteiger partial charge in [0.2, 0.25) is 5.91 Å². The van der Waals surface area contributed by atoms with Crippen LogP contribution < -0.4 is 10.6 Å². The molecule has 2 N–H and O–H groups in total. The van der Waals surface area contributed by atoms with Gasteiger partial charge in [0.15, 0.2) is 0 Å². The van der Waals surface area contributed by atoms with E-state index in [1.54, 1.807) is 17.7 Å². The molecular formula is C19H27N5OS. The molecule has 1 atom stereocenters. The molecule has 2 aromatic rings. The SMILES string of the molecule is Cc1sc2ncnc(N3CCC(C(=O)N4CCC(CN)C4)CC3)c2c1C. The van der Waals surface area contributed by atoms with E-state index in [2.05, 4.69) is 28.7 Å². The number of anilines is 1. The second kappa shape index (κ2) is 7.12. The molecule has 1 unspecified atom stereocenters. The second-order valence-corrected chi connectivity index (χ2v) is 8.80. The van der Waals surface area contributed by atoms with E-state index < -0.39 is 0 Å². The summed E-state index contributed by atoms with van der Waals surface area (Å²) in [6, 6.07) is 0. The molecule has 0 radical (unpaired) electrons. The van der Waals surface area contributed by atoms with Crippen molar-refractivity contribution in [2.75, 3.05) is 37.6 Å². The van der Waals surface area contributed by atoms with Crippen molar-refractivity contribution in [2.24, 2.45) is 17.6 Å². The highest BCUT2D eigenvalue weighted by Gasteiger charge is 2.33. The Kier molecular flexibility index (Phi) is 4.84. The number of rotatable bonds is 3. The van der Waals surface area contributed by atoms with E-state index in [4.69, 9.17) is 5.73 Å². The summed E-state index contributed by atoms with van der Waals surface area (Å²) < 4.78 is 0. The van der Waals surface area contributed by atoms with Crippen LogP contribution in [0.5, 0.6) is 0 Å². The Morgan fingerprint density at radius 2 is 2.00 bits per heavy atom. The van der Waals surface area contributed by atoms with Crippen molar-refractivity contribution in [3.8, 4) is 0 Å². The number of thiophene rings is 1. The fraction of sp³-hybridized carbons (Fsp3) is 0.632. The van der Waals surface area contributed by atoms with E-state index >= 15 is 0 Å². The number of carbonyl (C=O) groups is 1. The molecule has 2 aliphatic heterocycles. The van der Waals surface area contributed by atoms with E-state index in [0.29, 0.717) is 18.4 Å². The number of nitrogens with zero attached hydrogens (tertiary/aromatic N) is 4. The van der Waals surface area contributed by atoms with Crippen molar-refractivity contribution in [2.45, 2.75) is 33.1 Å². The van der Waals surface area contributed by atoms with Gasteiger partial charge in [-0.2, -0.15) is 0 Å². The number of fused-ring (bicyclic) bond motifs is 1. The van der Waals surface area contributed by atoms with Crippen molar-refractivity contribution in [3.63, 3.8) is 0 Å². The molecule has 2 aromatic heterocycles. The number of amides is 1. The van der Waals surface area contributed by atoms with Crippen LogP contribution in [0.15, 0.2) is 6.33 Å². The number of aromatic nitrogens is 2. The van der Waals surface area contributed by atoms with Crippen LogP contribution in [-0.4, -0.2) is 53.5 Å². The van der Waals surface area contributed by atoms with Crippen molar-refractivity contribution >= 4 is 33.3 Å². The first kappa shape index (κ1) is 17.7. The molecule has 0 aliphatic carbocycles. The zero-order valence-electron chi connectivity index (χ0n) is 15.6. The summed E-state index contributed by atoms with van der Waals surface area (Å²) in [4.78, 5) is 28.6. The van der Waals surface area contributed by atoms with Gasteiger partial charge in [0.1, 0.15) is 17.0 Å². The predicted octanol–water partition coefficient (Wildman–Crippen LogP) is 2.33. The zero-order chi connectivity index (χ0) is 18.3. The first-order chi connectivity index (χ1) is 12.6. The smallest absolute Gasteiger partial charge is 0.225 e. The van der Waals surface area contributed by atoms with Gasteiger partial charge in [-0.15, -0.1) is 11.3 Å². The molecule has 26 heavy (non-hydrogen) atoms. The number of likely N-dealkylation sites (tertiary alicyclic amines) is 1. The molecule has 0 spiro atoms. The average molecular weight is 374 g/mol. The van der Waals surface area contributed by atoms with Crippen LogP contribution in [0.3, 0.4) is 0 Å². The van der Waals surface area contributed by atoms with Crippen molar-refractivity contribution in [3.05, 3.63) is 16.8 Å². The van der Waals surface area contributed by atoms with E-state index in [9.17, 15) is 4.79 Å². The second-order valence-electron chi connectivity index (χ2n) is 7.60. The lowest BCUT2D eigenvalue weighted by Gasteiger charge is -2.34. The number of carbonyl (C=O) groups excluding carboxylic acids is 1. The normalized spacial score (nSPS) is 21.7. The molecule has 2 fully saturated rings. The Morgan fingerprint density at radius 1 is 1.23 bits per heavy atom. The van der Waals surface area contributed by atoms with Crippen molar-refractivity contribution in [1.29, 1.82) is 0 Å². The monoisotopic (exact) mass is 373 g/mol. The number of hydrogen-bond donors (Lipinski definition) is 1. The molecule has 4 rings (SSSR count). The van der Waals surface area contributed by atoms with E-state index in [0.717, 1.165) is 56.1 Å². The van der Waals surface area contributed by atoms with Gasteiger partial charge in [0, 0.05) is 37.0 Å². The molecule has 4 heterocycles. The topological polar surface area (TPSA) is 75.4 Å². The first-order valence-corrected chi connectivity index (χ1v) is 10.3. The Hall–Kier alpha value is -1.73. The molecule has 1 amide bonds. The largest absolute Gasteiger partial charge is 0.356 e. The predicted molar refractivity (Wildman–Crippen MR) is 106 cm³/mol. The molecule has 2 aliphatic rings. The number of piperidine rings is 1. The molecule has 0 saturated carbocycles. The molecular weight excluding hydrogens is 346 g/mol. The van der Waals surface area contributed by atoms with Crippen LogP contribution in [0.4, 0.5) is 5.82 Å². The van der Waals surface area contributed by atoms with Crippen LogP contribution in [-0.2, 0) is 4.79 Å². The molecule has 0 aromatic carbocycles. The van der Waals surface area contributed by atoms with Gasteiger partial charge in [-0.1, -0.05) is 0 Å². The Labute approximate surface area is 158 Å². The van der Waals surface area contributed by atoms with E-state index in [-0.39, 0.29) is 5.92 Å². The third-order valence-electron chi connectivity index (χ3n) is 6.02. The Morgan fingerprint density at radius 3 is 2.69 bits per heavy atom. The number of aryl methyl sites for hydroxylation is 2. The lowest BCUT2D eigenvalue weighted by atomic mass is 9.95. The lowest BCUT2D eigenvalue weighted by Crippen LogP contribution is -2.42. The quantitative estimate of drug-likeness (QED) is 0.894. The standard InChI is InChI=1S/C19H27N5OS/c1-12-13(2)26-18-16(12)17(21-11-22-18)23-7-4-15(5-8-23)19(25)24-6-3-14(9-20)10-24/h11,14-15H,3-10,20H2,1-2H3. The summed E-state index contributed by atoms with van der Waals surface area (Å²) in [5.41, 5.74) is 7.04. The third kappa shape index (κ3) is 3.07. The molecule has 7 heteroatoms. The molecule has 2 saturated heterocycles. The minimum atomic E-state index is 0.144. The average Bonchev–Trinajstić information content (AvgIpc) is 3.26. The fourth-order valence-electron chi connectivity index (χ4n) is 4.23. The van der Waals surface area contributed by atoms with Crippen LogP contribution in [0, 0.1) is 25.7 Å². The summed E-state index contributed by atoms with van der Waals surface area (Å²) >= 11 is 1.73. The summed E-state index contributed by atoms with van der Waals surface area (Å²) in [7, 11) is 0. The number of nitrogens with two attached hydrogens (primary N) is 1. The van der Waals surface area contributed by atoms with Crippen LogP contribution in [0.1, 0.15) is 29.7 Å². The maximum atomic E-state index is 12.8. The Balaban J connectivity index is 1.45. The minimum Gasteiger partial charge on any atom is -0.356 e. The molecule has 140 valence electrons. The van der Waals surface area contributed by atoms with Crippen molar-refractivity contribution < 1.29 is 4.79 Å². The van der Waals surface area contributed by atoms with Crippen LogP contribution >= 0.6 is 11.3 Å². The first-order valence-electron chi connectivity index (χ1n) is 9.53. The van der Waals surface area contributed by atoms with E-state index in [1.165, 1.54) is 15.8 Å². The van der Waals surface area contributed by atoms with Crippen LogP contribution in [0.2, 0.25) is 0 Å². The van der Waals surface area contributed by atoms with E-state index in [1.807, 2.05) is 4.90 Å².